The van der Waals surface area contributed by atoms with E-state index in [0.29, 0.717) is 25.7 Å². The van der Waals surface area contributed by atoms with Gasteiger partial charge in [0.2, 0.25) is 5.78 Å². The van der Waals surface area contributed by atoms with E-state index < -0.39 is 36.3 Å². The number of unbranched alkanes of at least 4 members (excludes halogenated alkanes) is 4. The number of carboxylic acids is 1. The number of carbonyl (C=O) groups is 2. The number of Topliss-reactive ketones (excluding diaryl/α,β-unsaturated/α-hetero) is 1. The number of carbonyl (C=O) groups excluding carboxylic acids is 1. The summed E-state index contributed by atoms with van der Waals surface area (Å²) in [6.45, 7) is 1.80. The quantitative estimate of drug-likeness (QED) is 0.269. The number of ketones is 1. The Bertz CT molecular complexity index is 535. The number of aliphatic hydroxyl groups excluding tert-OH is 2. The van der Waals surface area contributed by atoms with E-state index in [9.17, 15) is 28.6 Å². The molecule has 0 unspecified atom stereocenters. The molecule has 0 saturated heterocycles. The molecule has 0 aromatic rings. The van der Waals surface area contributed by atoms with Gasteiger partial charge in [-0.2, -0.15) is 8.78 Å². The monoisotopic (exact) mass is 418 g/mol. The Morgan fingerprint density at radius 3 is 2.34 bits per heavy atom. The first-order valence-corrected chi connectivity index (χ1v) is 10.8. The van der Waals surface area contributed by atoms with E-state index in [1.165, 1.54) is 0 Å². The minimum absolute atomic E-state index is 0.159. The fourth-order valence-corrected chi connectivity index (χ4v) is 4.01. The summed E-state index contributed by atoms with van der Waals surface area (Å²) in [5.74, 6) is -5.78. The lowest BCUT2D eigenvalue weighted by Crippen LogP contribution is -2.30. The molecule has 1 aliphatic rings. The number of carboxylic acid groups (broad SMARTS) is 1. The fourth-order valence-electron chi connectivity index (χ4n) is 4.01. The van der Waals surface area contributed by atoms with Crippen LogP contribution in [0.4, 0.5) is 8.78 Å². The Labute approximate surface area is 172 Å². The molecule has 3 N–H and O–H groups in total. The molecule has 1 saturated carbocycles. The van der Waals surface area contributed by atoms with Gasteiger partial charge in [0.05, 0.1) is 12.2 Å². The van der Waals surface area contributed by atoms with E-state index in [-0.39, 0.29) is 37.5 Å². The second-order valence-corrected chi connectivity index (χ2v) is 8.17. The maximum atomic E-state index is 13.9. The number of aliphatic hydroxyl groups is 2. The van der Waals surface area contributed by atoms with Gasteiger partial charge in [0.25, 0.3) is 0 Å². The first-order chi connectivity index (χ1) is 13.7. The van der Waals surface area contributed by atoms with Crippen LogP contribution in [-0.2, 0) is 9.59 Å². The van der Waals surface area contributed by atoms with Crippen LogP contribution in [0.5, 0.6) is 0 Å². The van der Waals surface area contributed by atoms with E-state index in [4.69, 9.17) is 5.11 Å². The summed E-state index contributed by atoms with van der Waals surface area (Å²) < 4.78 is 27.7. The summed E-state index contributed by atoms with van der Waals surface area (Å²) in [4.78, 5) is 22.4. The second-order valence-electron chi connectivity index (χ2n) is 8.17. The van der Waals surface area contributed by atoms with Gasteiger partial charge in [0.1, 0.15) is 0 Å². The van der Waals surface area contributed by atoms with Gasteiger partial charge in [-0.3, -0.25) is 9.59 Å². The number of rotatable bonds is 15. The van der Waals surface area contributed by atoms with Gasteiger partial charge < -0.3 is 15.3 Å². The summed E-state index contributed by atoms with van der Waals surface area (Å²) in [7, 11) is 0. The number of hydrogen-bond acceptors (Lipinski definition) is 4. The number of allylic oxidation sites excluding steroid dienone is 2. The van der Waals surface area contributed by atoms with Crippen LogP contribution in [0.25, 0.3) is 0 Å². The van der Waals surface area contributed by atoms with Gasteiger partial charge in [-0.15, -0.1) is 0 Å². The Hall–Kier alpha value is -1.34. The number of alkyl halides is 2. The van der Waals surface area contributed by atoms with Crippen LogP contribution < -0.4 is 0 Å². The average molecular weight is 419 g/mol. The molecule has 0 heterocycles. The van der Waals surface area contributed by atoms with Gasteiger partial charge in [0, 0.05) is 19.3 Å². The van der Waals surface area contributed by atoms with Crippen LogP contribution >= 0.6 is 0 Å². The molecule has 1 rings (SSSR count). The average Bonchev–Trinajstić information content (AvgIpc) is 2.92. The summed E-state index contributed by atoms with van der Waals surface area (Å²) >= 11 is 0. The van der Waals surface area contributed by atoms with Crippen molar-refractivity contribution in [2.45, 2.75) is 102 Å². The zero-order valence-electron chi connectivity index (χ0n) is 17.4. The molecule has 4 atom stereocenters. The van der Waals surface area contributed by atoms with Crippen LogP contribution in [0, 0.1) is 11.8 Å². The molecule has 29 heavy (non-hydrogen) atoms. The van der Waals surface area contributed by atoms with Crippen molar-refractivity contribution in [2.24, 2.45) is 11.8 Å². The summed E-state index contributed by atoms with van der Waals surface area (Å²) in [6, 6.07) is 0. The van der Waals surface area contributed by atoms with Crippen LogP contribution in [0.15, 0.2) is 12.2 Å². The standard InChI is InChI=1S/C22H36F2O5/c1-2-3-14-22(23,24)20(27)13-12-17-16(18(25)15-19(17)26)10-8-6-4-5-7-9-11-21(28)29/h6,8,16-19,25-26H,2-5,7,9-15H2,1H3,(H,28,29)/b8-6-/t16-,17-,18-,19-/m1/s1. The fraction of sp³-hybridized carbons (Fsp3) is 0.818. The smallest absolute Gasteiger partial charge is 0.305 e. The van der Waals surface area contributed by atoms with E-state index in [1.807, 2.05) is 12.2 Å². The topological polar surface area (TPSA) is 94.8 Å². The lowest BCUT2D eigenvalue weighted by Gasteiger charge is -2.23. The van der Waals surface area contributed by atoms with Gasteiger partial charge in [-0.25, -0.2) is 0 Å². The van der Waals surface area contributed by atoms with Crippen molar-refractivity contribution in [3.05, 3.63) is 12.2 Å². The van der Waals surface area contributed by atoms with Crippen molar-refractivity contribution >= 4 is 11.8 Å². The summed E-state index contributed by atoms with van der Waals surface area (Å²) in [5.41, 5.74) is 0. The minimum atomic E-state index is -3.31. The highest BCUT2D eigenvalue weighted by Crippen LogP contribution is 2.39. The second kappa shape index (κ2) is 13.1. The molecule has 5 nitrogen and oxygen atoms in total. The maximum absolute atomic E-state index is 13.9. The molecular formula is C22H36F2O5. The van der Waals surface area contributed by atoms with Crippen molar-refractivity contribution in [3.63, 3.8) is 0 Å². The molecule has 0 amide bonds. The third kappa shape index (κ3) is 9.34. The largest absolute Gasteiger partial charge is 0.481 e. The van der Waals surface area contributed by atoms with Gasteiger partial charge >= 0.3 is 11.9 Å². The molecule has 0 aromatic carbocycles. The number of hydrogen-bond donors (Lipinski definition) is 3. The molecular weight excluding hydrogens is 382 g/mol. The lowest BCUT2D eigenvalue weighted by atomic mass is 9.85. The summed E-state index contributed by atoms with van der Waals surface area (Å²) in [6.07, 6.45) is 6.83. The maximum Gasteiger partial charge on any atom is 0.305 e. The molecule has 0 aromatic heterocycles. The molecule has 0 aliphatic heterocycles. The number of halogens is 2. The van der Waals surface area contributed by atoms with Crippen LogP contribution in [0.2, 0.25) is 0 Å². The Balaban J connectivity index is 2.43. The zero-order valence-corrected chi connectivity index (χ0v) is 17.4. The molecule has 1 aliphatic carbocycles. The Morgan fingerprint density at radius 2 is 1.69 bits per heavy atom. The Kier molecular flexibility index (Phi) is 11.6. The first-order valence-electron chi connectivity index (χ1n) is 10.8. The van der Waals surface area contributed by atoms with E-state index >= 15 is 0 Å². The van der Waals surface area contributed by atoms with Crippen molar-refractivity contribution in [1.29, 1.82) is 0 Å². The normalized spacial score (nSPS) is 25.0. The molecule has 168 valence electrons. The van der Waals surface area contributed by atoms with E-state index in [2.05, 4.69) is 0 Å². The predicted octanol–water partition coefficient (Wildman–Crippen LogP) is 4.50. The molecule has 0 bridgehead atoms. The van der Waals surface area contributed by atoms with Crippen molar-refractivity contribution in [3.8, 4) is 0 Å². The van der Waals surface area contributed by atoms with Crippen LogP contribution in [-0.4, -0.2) is 45.2 Å². The van der Waals surface area contributed by atoms with Gasteiger partial charge in [-0.1, -0.05) is 31.9 Å². The highest BCUT2D eigenvalue weighted by atomic mass is 19.3. The molecule has 0 radical (unpaired) electrons. The van der Waals surface area contributed by atoms with E-state index in [1.54, 1.807) is 6.92 Å². The van der Waals surface area contributed by atoms with Crippen LogP contribution in [0.1, 0.15) is 84.0 Å². The highest BCUT2D eigenvalue weighted by molar-refractivity contribution is 5.85. The minimum Gasteiger partial charge on any atom is -0.481 e. The molecule has 7 heteroatoms. The van der Waals surface area contributed by atoms with E-state index in [0.717, 1.165) is 19.3 Å². The third-order valence-corrected chi connectivity index (χ3v) is 5.81. The van der Waals surface area contributed by atoms with Gasteiger partial charge in [-0.05, 0) is 56.8 Å². The lowest BCUT2D eigenvalue weighted by molar-refractivity contribution is -0.144. The molecule has 1 fully saturated rings. The molecule has 0 spiro atoms. The van der Waals surface area contributed by atoms with Gasteiger partial charge in [0.15, 0.2) is 0 Å². The number of aliphatic carboxylic acids is 1. The van der Waals surface area contributed by atoms with Crippen molar-refractivity contribution < 1.29 is 33.7 Å². The Morgan fingerprint density at radius 1 is 1.00 bits per heavy atom. The predicted molar refractivity (Wildman–Crippen MR) is 107 cm³/mol. The van der Waals surface area contributed by atoms with Crippen molar-refractivity contribution in [1.82, 2.24) is 0 Å². The van der Waals surface area contributed by atoms with Crippen molar-refractivity contribution in [2.75, 3.05) is 0 Å². The highest BCUT2D eigenvalue weighted by Gasteiger charge is 2.43. The van der Waals surface area contributed by atoms with Crippen LogP contribution in [0.3, 0.4) is 0 Å². The first kappa shape index (κ1) is 25.7. The summed E-state index contributed by atoms with van der Waals surface area (Å²) in [5, 5.41) is 29.0. The SMILES string of the molecule is CCCCC(F)(F)C(=O)CC[C@@H]1[C@@H](C/C=C\CCCCCC(=O)O)[C@H](O)C[C@H]1O. The third-order valence-electron chi connectivity index (χ3n) is 5.81. The zero-order chi connectivity index (χ0) is 21.9.